The summed E-state index contributed by atoms with van der Waals surface area (Å²) in [5.41, 5.74) is 2.24. The maximum Gasteiger partial charge on any atom is 0.262 e. The molecule has 2 aliphatic rings. The van der Waals surface area contributed by atoms with Crippen LogP contribution >= 0.6 is 11.6 Å². The minimum atomic E-state index is -0.269. The number of fused-ring (bicyclic) bond motifs is 1. The van der Waals surface area contributed by atoms with E-state index in [-0.39, 0.29) is 18.4 Å². The number of benzene rings is 1. The second kappa shape index (κ2) is 5.79. The number of halogens is 1. The predicted molar refractivity (Wildman–Crippen MR) is 89.7 cm³/mol. The van der Waals surface area contributed by atoms with Crippen molar-refractivity contribution < 1.29 is 14.3 Å². The van der Waals surface area contributed by atoms with E-state index in [0.717, 1.165) is 18.5 Å². The fraction of sp³-hybridized carbons (Fsp3) is 0.235. The maximum atomic E-state index is 12.7. The molecule has 1 fully saturated rings. The third-order valence-corrected chi connectivity index (χ3v) is 4.19. The molecular formula is C17H14ClN3O3. The first kappa shape index (κ1) is 15.0. The zero-order valence-corrected chi connectivity index (χ0v) is 13.4. The van der Waals surface area contributed by atoms with Gasteiger partial charge in [-0.1, -0.05) is 11.6 Å². The molecule has 0 radical (unpaired) electrons. The van der Waals surface area contributed by atoms with Crippen molar-refractivity contribution in [3.8, 4) is 5.75 Å². The van der Waals surface area contributed by atoms with Crippen LogP contribution in [-0.2, 0) is 4.79 Å². The third kappa shape index (κ3) is 2.80. The topological polar surface area (TPSA) is 80.3 Å². The highest BCUT2D eigenvalue weighted by Gasteiger charge is 2.30. The van der Waals surface area contributed by atoms with Gasteiger partial charge in [0.25, 0.3) is 11.8 Å². The summed E-state index contributed by atoms with van der Waals surface area (Å²) in [6.45, 7) is -0.0995. The molecule has 0 spiro atoms. The molecule has 2 aromatic rings. The largest absolute Gasteiger partial charge is 0.479 e. The molecule has 2 amide bonds. The molecule has 0 saturated heterocycles. The number of aromatic nitrogens is 1. The fourth-order valence-corrected chi connectivity index (χ4v) is 2.96. The Balaban J connectivity index is 1.66. The quantitative estimate of drug-likeness (QED) is 0.896. The number of hydrogen-bond acceptors (Lipinski definition) is 4. The van der Waals surface area contributed by atoms with Gasteiger partial charge >= 0.3 is 0 Å². The summed E-state index contributed by atoms with van der Waals surface area (Å²) >= 11 is 6.08. The Morgan fingerprint density at radius 1 is 1.38 bits per heavy atom. The molecule has 0 bridgehead atoms. The number of carbonyl (C=O) groups excluding carboxylic acids is 2. The number of pyridine rings is 1. The maximum absolute atomic E-state index is 12.7. The van der Waals surface area contributed by atoms with Gasteiger partial charge in [-0.05, 0) is 37.1 Å². The summed E-state index contributed by atoms with van der Waals surface area (Å²) in [5, 5.41) is 5.90. The molecule has 6 nitrogen and oxygen atoms in total. The SMILES string of the molecule is O=C1COc2c(cc(Cl)cc2NC(=O)c2cccnc2C2CC2)N1. The zero-order valence-electron chi connectivity index (χ0n) is 12.6. The van der Waals surface area contributed by atoms with E-state index in [2.05, 4.69) is 15.6 Å². The van der Waals surface area contributed by atoms with Gasteiger partial charge in [0.15, 0.2) is 12.4 Å². The van der Waals surface area contributed by atoms with E-state index < -0.39 is 0 Å². The number of ether oxygens (including phenoxy) is 1. The number of amides is 2. The minimum Gasteiger partial charge on any atom is -0.479 e. The van der Waals surface area contributed by atoms with Crippen LogP contribution in [0.3, 0.4) is 0 Å². The monoisotopic (exact) mass is 343 g/mol. The smallest absolute Gasteiger partial charge is 0.262 e. The summed E-state index contributed by atoms with van der Waals surface area (Å²) in [4.78, 5) is 28.5. The van der Waals surface area contributed by atoms with Gasteiger partial charge in [0, 0.05) is 17.1 Å². The predicted octanol–water partition coefficient (Wildman–Crippen LogP) is 3.20. The summed E-state index contributed by atoms with van der Waals surface area (Å²) < 4.78 is 5.45. The van der Waals surface area contributed by atoms with Crippen LogP contribution in [0, 0.1) is 0 Å². The molecule has 0 atom stereocenters. The second-order valence-electron chi connectivity index (χ2n) is 5.83. The highest BCUT2D eigenvalue weighted by Crippen LogP contribution is 2.41. The van der Waals surface area contributed by atoms with Crippen molar-refractivity contribution in [3.05, 3.63) is 46.7 Å². The normalized spacial score (nSPS) is 16.0. The molecule has 1 saturated carbocycles. The lowest BCUT2D eigenvalue weighted by Gasteiger charge is -2.21. The lowest BCUT2D eigenvalue weighted by atomic mass is 10.1. The van der Waals surface area contributed by atoms with Gasteiger partial charge < -0.3 is 15.4 Å². The van der Waals surface area contributed by atoms with Crippen molar-refractivity contribution in [1.82, 2.24) is 4.98 Å². The standard InChI is InChI=1S/C17H14ClN3O3/c18-10-6-12-16(24-8-14(22)20-12)13(7-10)21-17(23)11-2-1-5-19-15(11)9-3-4-9/h1-2,5-7,9H,3-4,8H2,(H,20,22)(H,21,23). The van der Waals surface area contributed by atoms with Gasteiger partial charge in [0.05, 0.1) is 22.6 Å². The highest BCUT2D eigenvalue weighted by molar-refractivity contribution is 6.31. The Bertz CT molecular complexity index is 849. The van der Waals surface area contributed by atoms with Gasteiger partial charge in [0.2, 0.25) is 0 Å². The van der Waals surface area contributed by atoms with Crippen molar-refractivity contribution in [3.63, 3.8) is 0 Å². The average molecular weight is 344 g/mol. The lowest BCUT2D eigenvalue weighted by molar-refractivity contribution is -0.118. The number of nitrogens with zero attached hydrogens (tertiary/aromatic N) is 1. The first-order valence-corrected chi connectivity index (χ1v) is 8.02. The van der Waals surface area contributed by atoms with E-state index in [1.807, 2.05) is 0 Å². The van der Waals surface area contributed by atoms with Crippen LogP contribution in [0.2, 0.25) is 5.02 Å². The average Bonchev–Trinajstić information content (AvgIpc) is 3.39. The summed E-state index contributed by atoms with van der Waals surface area (Å²) in [6, 6.07) is 6.69. The van der Waals surface area contributed by atoms with E-state index in [9.17, 15) is 9.59 Å². The molecule has 1 aromatic heterocycles. The molecule has 0 unspecified atom stereocenters. The van der Waals surface area contributed by atoms with Gasteiger partial charge in [-0.25, -0.2) is 0 Å². The Morgan fingerprint density at radius 2 is 2.21 bits per heavy atom. The molecule has 4 rings (SSSR count). The van der Waals surface area contributed by atoms with E-state index >= 15 is 0 Å². The number of anilines is 2. The van der Waals surface area contributed by atoms with Crippen molar-refractivity contribution in [1.29, 1.82) is 0 Å². The van der Waals surface area contributed by atoms with Gasteiger partial charge in [0.1, 0.15) is 0 Å². The van der Waals surface area contributed by atoms with Crippen molar-refractivity contribution in [2.24, 2.45) is 0 Å². The van der Waals surface area contributed by atoms with Crippen molar-refractivity contribution in [2.75, 3.05) is 17.2 Å². The number of carbonyl (C=O) groups is 2. The van der Waals surface area contributed by atoms with Gasteiger partial charge in [-0.15, -0.1) is 0 Å². The summed E-state index contributed by atoms with van der Waals surface area (Å²) in [6.07, 6.45) is 3.81. The first-order valence-electron chi connectivity index (χ1n) is 7.64. The van der Waals surface area contributed by atoms with Crippen LogP contribution < -0.4 is 15.4 Å². The Hall–Kier alpha value is -2.60. The van der Waals surface area contributed by atoms with E-state index in [1.165, 1.54) is 0 Å². The van der Waals surface area contributed by atoms with E-state index in [4.69, 9.17) is 16.3 Å². The summed E-state index contributed by atoms with van der Waals surface area (Å²) in [5.74, 6) is 0.236. The third-order valence-electron chi connectivity index (χ3n) is 3.97. The van der Waals surface area contributed by atoms with Crippen LogP contribution in [0.25, 0.3) is 0 Å². The van der Waals surface area contributed by atoms with E-state index in [0.29, 0.717) is 33.6 Å². The van der Waals surface area contributed by atoms with Gasteiger partial charge in [-0.2, -0.15) is 0 Å². The molecule has 2 heterocycles. The minimum absolute atomic E-state index is 0.0995. The lowest BCUT2D eigenvalue weighted by Crippen LogP contribution is -2.26. The highest BCUT2D eigenvalue weighted by atomic mass is 35.5. The van der Waals surface area contributed by atoms with Gasteiger partial charge in [-0.3, -0.25) is 14.6 Å². The first-order chi connectivity index (χ1) is 11.6. The van der Waals surface area contributed by atoms with Crippen molar-refractivity contribution in [2.45, 2.75) is 18.8 Å². The molecule has 1 aromatic carbocycles. The molecular weight excluding hydrogens is 330 g/mol. The number of rotatable bonds is 3. The van der Waals surface area contributed by atoms with Crippen LogP contribution in [0.4, 0.5) is 11.4 Å². The summed E-state index contributed by atoms with van der Waals surface area (Å²) in [7, 11) is 0. The Labute approximate surface area is 143 Å². The Kier molecular flexibility index (Phi) is 3.61. The van der Waals surface area contributed by atoms with Crippen LogP contribution in [-0.4, -0.2) is 23.4 Å². The van der Waals surface area contributed by atoms with Crippen LogP contribution in [0.5, 0.6) is 5.75 Å². The molecule has 1 aliphatic heterocycles. The molecule has 122 valence electrons. The fourth-order valence-electron chi connectivity index (χ4n) is 2.74. The molecule has 7 heteroatoms. The van der Waals surface area contributed by atoms with Crippen molar-refractivity contribution >= 4 is 34.8 Å². The Morgan fingerprint density at radius 3 is 3.00 bits per heavy atom. The molecule has 24 heavy (non-hydrogen) atoms. The van der Waals surface area contributed by atoms with E-state index in [1.54, 1.807) is 30.5 Å². The number of nitrogens with one attached hydrogen (secondary N) is 2. The zero-order chi connectivity index (χ0) is 16.7. The molecule has 1 aliphatic carbocycles. The second-order valence-corrected chi connectivity index (χ2v) is 6.27. The van der Waals surface area contributed by atoms with Crippen LogP contribution in [0.1, 0.15) is 34.8 Å². The van der Waals surface area contributed by atoms with Crippen LogP contribution in [0.15, 0.2) is 30.5 Å². The molecule has 2 N–H and O–H groups in total. The number of hydrogen-bond donors (Lipinski definition) is 2.